The minimum atomic E-state index is -1.36. The van der Waals surface area contributed by atoms with Crippen molar-refractivity contribution in [1.82, 2.24) is 4.98 Å². The Morgan fingerprint density at radius 1 is 1.00 bits per heavy atom. The molecule has 0 saturated heterocycles. The maximum absolute atomic E-state index is 13.8. The molecule has 7 rings (SSSR count). The second-order valence-electron chi connectivity index (χ2n) is 12.0. The molecule has 0 spiro atoms. The molecule has 2 bridgehead atoms. The Morgan fingerprint density at radius 3 is 2.38 bits per heavy atom. The van der Waals surface area contributed by atoms with E-state index < -0.39 is 23.5 Å². The first-order chi connectivity index (χ1) is 21.7. The first kappa shape index (κ1) is 30.5. The SMILES string of the molecule is C1CC2CCC1C2.Cc1cc(CN)ccc1NC(=O)c1cc2c(cc1-c1ccc(C(N)=O)nc1C(=O)O)OCCc1ccsc1-2. The van der Waals surface area contributed by atoms with E-state index in [1.165, 1.54) is 24.0 Å². The van der Waals surface area contributed by atoms with Crippen LogP contribution in [0.1, 0.15) is 80.1 Å². The average molecular weight is 625 g/mol. The monoisotopic (exact) mass is 624 g/mol. The van der Waals surface area contributed by atoms with Crippen molar-refractivity contribution in [1.29, 1.82) is 0 Å². The van der Waals surface area contributed by atoms with Crippen LogP contribution in [0, 0.1) is 18.8 Å². The topological polar surface area (TPSA) is 158 Å². The van der Waals surface area contributed by atoms with Crippen LogP contribution >= 0.6 is 11.3 Å². The number of nitrogens with zero attached hydrogens (tertiary/aromatic N) is 1. The number of ether oxygens (including phenoxy) is 1. The number of rotatable bonds is 6. The fourth-order valence-electron chi connectivity index (χ4n) is 6.66. The number of carboxylic acids is 1. The molecule has 0 radical (unpaired) electrons. The maximum Gasteiger partial charge on any atom is 0.355 e. The number of fused-ring (bicyclic) bond motifs is 5. The Hall–Kier alpha value is -4.54. The number of hydrogen-bond acceptors (Lipinski definition) is 7. The number of anilines is 1. The van der Waals surface area contributed by atoms with E-state index in [9.17, 15) is 19.5 Å². The number of thiophene rings is 1. The first-order valence-electron chi connectivity index (χ1n) is 15.2. The summed E-state index contributed by atoms with van der Waals surface area (Å²) in [5.74, 6) is 0.207. The summed E-state index contributed by atoms with van der Waals surface area (Å²) in [6, 6.07) is 13.7. The van der Waals surface area contributed by atoms with Gasteiger partial charge in [0.15, 0.2) is 5.69 Å². The van der Waals surface area contributed by atoms with Crippen molar-refractivity contribution in [3.05, 3.63) is 87.6 Å². The Labute approximate surface area is 265 Å². The van der Waals surface area contributed by atoms with E-state index in [0.29, 0.717) is 36.6 Å². The van der Waals surface area contributed by atoms with E-state index in [1.54, 1.807) is 61.6 Å². The lowest BCUT2D eigenvalue weighted by atomic mass is 9.93. The summed E-state index contributed by atoms with van der Waals surface area (Å²) in [6.45, 7) is 2.67. The molecule has 2 aliphatic carbocycles. The predicted molar refractivity (Wildman–Crippen MR) is 175 cm³/mol. The maximum atomic E-state index is 13.8. The van der Waals surface area contributed by atoms with Gasteiger partial charge in [0.05, 0.1) is 6.61 Å². The highest BCUT2D eigenvalue weighted by molar-refractivity contribution is 7.13. The number of aromatic nitrogens is 1. The second-order valence-corrected chi connectivity index (χ2v) is 12.9. The smallest absolute Gasteiger partial charge is 0.355 e. The molecular formula is C35H36N4O5S. The van der Waals surface area contributed by atoms with E-state index >= 15 is 0 Å². The van der Waals surface area contributed by atoms with Crippen LogP contribution in [-0.4, -0.2) is 34.5 Å². The summed E-state index contributed by atoms with van der Waals surface area (Å²) in [5, 5.41) is 14.9. The van der Waals surface area contributed by atoms with E-state index in [2.05, 4.69) is 10.3 Å². The van der Waals surface area contributed by atoms with Gasteiger partial charge in [-0.2, -0.15) is 0 Å². The molecule has 45 heavy (non-hydrogen) atoms. The van der Waals surface area contributed by atoms with Crippen LogP contribution in [0.15, 0.2) is 53.9 Å². The largest absolute Gasteiger partial charge is 0.493 e. The van der Waals surface area contributed by atoms with Gasteiger partial charge in [-0.15, -0.1) is 11.3 Å². The van der Waals surface area contributed by atoms with Crippen LogP contribution in [0.3, 0.4) is 0 Å². The number of primary amides is 1. The van der Waals surface area contributed by atoms with Crippen LogP contribution in [-0.2, 0) is 13.0 Å². The quantitative estimate of drug-likeness (QED) is 0.193. The Kier molecular flexibility index (Phi) is 8.69. The standard InChI is InChI=1S/C28H24N4O5S.C7H12/c1-14-10-15(13-29)2-4-21(14)32-27(34)19-11-20-23(37-8-6-16-7-9-38-25(16)20)12-18(19)17-3-5-22(26(30)33)31-24(17)28(35)36;1-2-7-4-3-6(1)5-7/h2-5,7,9-12H,6,8,13,29H2,1H3,(H2,30,33)(H,32,34)(H,35,36);6-7H,1-5H2. The van der Waals surface area contributed by atoms with Gasteiger partial charge in [-0.1, -0.05) is 37.8 Å². The van der Waals surface area contributed by atoms with Gasteiger partial charge in [-0.3, -0.25) is 9.59 Å². The predicted octanol–water partition coefficient (Wildman–Crippen LogP) is 6.43. The molecule has 6 N–H and O–H groups in total. The number of amides is 2. The summed E-state index contributed by atoms with van der Waals surface area (Å²) in [5.41, 5.74) is 15.4. The Balaban J connectivity index is 0.000000444. The number of hydrogen-bond donors (Lipinski definition) is 4. The summed E-state index contributed by atoms with van der Waals surface area (Å²) in [4.78, 5) is 42.6. The third-order valence-electron chi connectivity index (χ3n) is 9.03. The van der Waals surface area contributed by atoms with Gasteiger partial charge in [-0.25, -0.2) is 9.78 Å². The van der Waals surface area contributed by atoms with Crippen molar-refractivity contribution in [2.75, 3.05) is 11.9 Å². The number of benzene rings is 2. The molecule has 3 aliphatic rings. The molecule has 232 valence electrons. The number of carbonyl (C=O) groups excluding carboxylic acids is 2. The zero-order chi connectivity index (χ0) is 31.7. The molecule has 2 saturated carbocycles. The molecule has 2 amide bonds. The van der Waals surface area contributed by atoms with Gasteiger partial charge in [0.1, 0.15) is 11.4 Å². The summed E-state index contributed by atoms with van der Waals surface area (Å²) >= 11 is 1.55. The lowest BCUT2D eigenvalue weighted by Gasteiger charge is -2.17. The van der Waals surface area contributed by atoms with Crippen molar-refractivity contribution in [2.45, 2.75) is 52.0 Å². The van der Waals surface area contributed by atoms with Crippen molar-refractivity contribution in [3.63, 3.8) is 0 Å². The number of nitrogens with two attached hydrogens (primary N) is 2. The lowest BCUT2D eigenvalue weighted by Crippen LogP contribution is -2.18. The minimum absolute atomic E-state index is 0.157. The highest BCUT2D eigenvalue weighted by Crippen LogP contribution is 2.44. The van der Waals surface area contributed by atoms with Gasteiger partial charge in [0.25, 0.3) is 11.8 Å². The normalized spacial score (nSPS) is 17.6. The first-order valence-corrected chi connectivity index (χ1v) is 16.1. The number of pyridine rings is 1. The molecule has 1 aliphatic heterocycles. The summed E-state index contributed by atoms with van der Waals surface area (Å²) in [6.07, 6.45) is 8.52. The Morgan fingerprint density at radius 2 is 1.76 bits per heavy atom. The van der Waals surface area contributed by atoms with Crippen LogP contribution in [0.25, 0.3) is 21.6 Å². The molecule has 3 heterocycles. The highest BCUT2D eigenvalue weighted by Gasteiger charge is 2.30. The zero-order valence-electron chi connectivity index (χ0n) is 25.1. The van der Waals surface area contributed by atoms with Crippen LogP contribution < -0.4 is 21.5 Å². The van der Waals surface area contributed by atoms with Gasteiger partial charge in [-0.05, 0) is 83.6 Å². The van der Waals surface area contributed by atoms with Gasteiger partial charge < -0.3 is 26.6 Å². The molecule has 0 unspecified atom stereocenters. The van der Waals surface area contributed by atoms with E-state index in [4.69, 9.17) is 16.2 Å². The third-order valence-corrected chi connectivity index (χ3v) is 10.0. The third kappa shape index (κ3) is 6.34. The molecule has 2 aromatic heterocycles. The van der Waals surface area contributed by atoms with Crippen molar-refractivity contribution >= 4 is 34.8 Å². The molecule has 2 fully saturated rings. The van der Waals surface area contributed by atoms with Crippen LogP contribution in [0.2, 0.25) is 0 Å². The van der Waals surface area contributed by atoms with Gasteiger partial charge in [0.2, 0.25) is 0 Å². The number of carbonyl (C=O) groups is 3. The fraction of sp³-hybridized carbons (Fsp3) is 0.314. The molecule has 4 aromatic rings. The summed E-state index contributed by atoms with van der Waals surface area (Å²) < 4.78 is 6.03. The van der Waals surface area contributed by atoms with Crippen molar-refractivity contribution in [3.8, 4) is 27.3 Å². The lowest BCUT2D eigenvalue weighted by molar-refractivity contribution is 0.0691. The fourth-order valence-corrected chi connectivity index (χ4v) is 7.64. The Bertz CT molecular complexity index is 1780. The highest BCUT2D eigenvalue weighted by atomic mass is 32.1. The zero-order valence-corrected chi connectivity index (χ0v) is 25.9. The number of nitrogens with one attached hydrogen (secondary N) is 1. The molecule has 9 nitrogen and oxygen atoms in total. The molecular weight excluding hydrogens is 588 g/mol. The van der Waals surface area contributed by atoms with E-state index in [1.807, 2.05) is 30.5 Å². The van der Waals surface area contributed by atoms with E-state index in [-0.39, 0.29) is 16.8 Å². The minimum Gasteiger partial charge on any atom is -0.493 e. The van der Waals surface area contributed by atoms with E-state index in [0.717, 1.165) is 27.1 Å². The average Bonchev–Trinajstić information content (AvgIpc) is 3.79. The van der Waals surface area contributed by atoms with Crippen molar-refractivity contribution < 1.29 is 24.2 Å². The number of aryl methyl sites for hydroxylation is 1. The molecule has 0 atom stereocenters. The summed E-state index contributed by atoms with van der Waals surface area (Å²) in [7, 11) is 0. The number of carboxylic acid groups (broad SMARTS) is 1. The molecule has 2 aromatic carbocycles. The van der Waals surface area contributed by atoms with Crippen LogP contribution in [0.5, 0.6) is 5.75 Å². The van der Waals surface area contributed by atoms with Crippen molar-refractivity contribution in [2.24, 2.45) is 23.3 Å². The van der Waals surface area contributed by atoms with Gasteiger partial charge in [0, 0.05) is 45.8 Å². The van der Waals surface area contributed by atoms with Gasteiger partial charge >= 0.3 is 5.97 Å². The molecule has 10 heteroatoms. The van der Waals surface area contributed by atoms with Crippen LogP contribution in [0.4, 0.5) is 5.69 Å². The second kappa shape index (κ2) is 12.8. The number of aromatic carboxylic acids is 1.